The molecule has 0 saturated carbocycles. The van der Waals surface area contributed by atoms with Gasteiger partial charge in [-0.05, 0) is 24.6 Å². The number of para-hydroxylation sites is 1. The molecular weight excluding hydrogens is 450 g/mol. The van der Waals surface area contributed by atoms with Crippen molar-refractivity contribution in [3.05, 3.63) is 88.2 Å². The molecule has 0 bridgehead atoms. The second kappa shape index (κ2) is 10.4. The Morgan fingerprint density at radius 1 is 1.00 bits per heavy atom. The lowest BCUT2D eigenvalue weighted by molar-refractivity contribution is -0.113. The Kier molecular flexibility index (Phi) is 7.18. The molecule has 1 N–H and O–H groups in total. The zero-order valence-electron chi connectivity index (χ0n) is 19.2. The first-order valence-corrected chi connectivity index (χ1v) is 11.7. The Hall–Kier alpha value is -3.78. The first-order valence-electron chi connectivity index (χ1n) is 10.7. The zero-order chi connectivity index (χ0) is 24.1. The Balaban J connectivity index is 1.59. The van der Waals surface area contributed by atoms with Crippen LogP contribution in [0.15, 0.2) is 76.7 Å². The molecule has 0 radical (unpaired) electrons. The Morgan fingerprint density at radius 3 is 2.35 bits per heavy atom. The maximum absolute atomic E-state index is 13.3. The van der Waals surface area contributed by atoms with Crippen molar-refractivity contribution in [1.29, 1.82) is 0 Å². The van der Waals surface area contributed by atoms with Crippen molar-refractivity contribution in [2.24, 2.45) is 0 Å². The van der Waals surface area contributed by atoms with E-state index in [1.54, 1.807) is 49.1 Å². The molecule has 8 heteroatoms. The van der Waals surface area contributed by atoms with Crippen molar-refractivity contribution in [1.82, 2.24) is 9.55 Å². The highest BCUT2D eigenvalue weighted by Crippen LogP contribution is 2.26. The first kappa shape index (κ1) is 23.4. The number of benzene rings is 3. The smallest absolute Gasteiger partial charge is 0.262 e. The number of anilines is 1. The van der Waals surface area contributed by atoms with E-state index in [0.29, 0.717) is 39.8 Å². The van der Waals surface area contributed by atoms with Crippen molar-refractivity contribution in [3.63, 3.8) is 0 Å². The summed E-state index contributed by atoms with van der Waals surface area (Å²) >= 11 is 1.22. The number of aryl methyl sites for hydroxylation is 1. The third kappa shape index (κ3) is 5.40. The van der Waals surface area contributed by atoms with Gasteiger partial charge < -0.3 is 14.8 Å². The van der Waals surface area contributed by atoms with E-state index in [2.05, 4.69) is 10.3 Å². The van der Waals surface area contributed by atoms with Crippen molar-refractivity contribution in [2.75, 3.05) is 25.3 Å². The quantitative estimate of drug-likeness (QED) is 0.298. The number of ether oxygens (including phenoxy) is 2. The summed E-state index contributed by atoms with van der Waals surface area (Å²) < 4.78 is 12.1. The molecule has 0 atom stereocenters. The number of fused-ring (bicyclic) bond motifs is 1. The standard InChI is InChI=1S/C26H25N3O4S/c1-17-8-10-18(11-9-17)15-29-25(31)22-6-4-5-7-23(22)28-26(29)34-16-24(30)27-19-12-20(32-2)14-21(13-19)33-3/h4-14H,15-16H2,1-3H3,(H,27,30). The lowest BCUT2D eigenvalue weighted by atomic mass is 10.1. The van der Waals surface area contributed by atoms with E-state index in [4.69, 9.17) is 9.47 Å². The van der Waals surface area contributed by atoms with Gasteiger partial charge in [0.25, 0.3) is 5.56 Å². The topological polar surface area (TPSA) is 82.5 Å². The molecule has 0 aliphatic heterocycles. The van der Waals surface area contributed by atoms with Gasteiger partial charge in [-0.1, -0.05) is 53.7 Å². The minimum Gasteiger partial charge on any atom is -0.497 e. The van der Waals surface area contributed by atoms with E-state index in [0.717, 1.165) is 11.1 Å². The molecule has 0 aliphatic rings. The van der Waals surface area contributed by atoms with Crippen LogP contribution in [0, 0.1) is 6.92 Å². The van der Waals surface area contributed by atoms with Gasteiger partial charge in [0.15, 0.2) is 5.16 Å². The van der Waals surface area contributed by atoms with Crippen molar-refractivity contribution < 1.29 is 14.3 Å². The van der Waals surface area contributed by atoms with Crippen LogP contribution in [0.3, 0.4) is 0 Å². The van der Waals surface area contributed by atoms with E-state index in [1.165, 1.54) is 11.8 Å². The summed E-state index contributed by atoms with van der Waals surface area (Å²) in [6.45, 7) is 2.39. The average molecular weight is 476 g/mol. The molecule has 1 amide bonds. The Bertz CT molecular complexity index is 1360. The summed E-state index contributed by atoms with van der Waals surface area (Å²) in [7, 11) is 3.10. The number of amides is 1. The Morgan fingerprint density at radius 2 is 1.68 bits per heavy atom. The second-order valence-electron chi connectivity index (χ2n) is 7.73. The van der Waals surface area contributed by atoms with Crippen LogP contribution in [-0.4, -0.2) is 35.4 Å². The molecule has 4 aromatic rings. The molecule has 3 aromatic carbocycles. The number of carbonyl (C=O) groups excluding carboxylic acids is 1. The van der Waals surface area contributed by atoms with Gasteiger partial charge in [-0.3, -0.25) is 14.2 Å². The molecule has 0 unspecified atom stereocenters. The van der Waals surface area contributed by atoms with Gasteiger partial charge in [-0.15, -0.1) is 0 Å². The molecule has 174 valence electrons. The number of rotatable bonds is 8. The fourth-order valence-electron chi connectivity index (χ4n) is 3.48. The molecule has 0 fully saturated rings. The summed E-state index contributed by atoms with van der Waals surface area (Å²) in [4.78, 5) is 30.7. The molecule has 34 heavy (non-hydrogen) atoms. The summed E-state index contributed by atoms with van der Waals surface area (Å²) in [5, 5.41) is 3.89. The SMILES string of the molecule is COc1cc(NC(=O)CSc2nc3ccccc3c(=O)n2Cc2ccc(C)cc2)cc(OC)c1. The van der Waals surface area contributed by atoms with Gasteiger partial charge in [-0.25, -0.2) is 4.98 Å². The van der Waals surface area contributed by atoms with Crippen LogP contribution < -0.4 is 20.3 Å². The zero-order valence-corrected chi connectivity index (χ0v) is 20.0. The fourth-order valence-corrected chi connectivity index (χ4v) is 4.28. The maximum atomic E-state index is 13.3. The molecule has 1 heterocycles. The number of hydrogen-bond acceptors (Lipinski definition) is 6. The monoisotopic (exact) mass is 475 g/mol. The highest BCUT2D eigenvalue weighted by atomic mass is 32.2. The number of nitrogens with zero attached hydrogens (tertiary/aromatic N) is 2. The molecule has 1 aromatic heterocycles. The fraction of sp³-hybridized carbons (Fsp3) is 0.192. The molecule has 0 saturated heterocycles. The Labute approximate surface area is 201 Å². The lowest BCUT2D eigenvalue weighted by Gasteiger charge is -2.14. The van der Waals surface area contributed by atoms with E-state index < -0.39 is 0 Å². The number of hydrogen-bond donors (Lipinski definition) is 1. The molecule has 0 spiro atoms. The molecule has 4 rings (SSSR count). The van der Waals surface area contributed by atoms with Crippen LogP contribution in [0.5, 0.6) is 11.5 Å². The van der Waals surface area contributed by atoms with E-state index in [1.807, 2.05) is 43.3 Å². The first-order chi connectivity index (χ1) is 16.5. The van der Waals surface area contributed by atoms with Crippen molar-refractivity contribution >= 4 is 34.3 Å². The predicted molar refractivity (Wildman–Crippen MR) is 135 cm³/mol. The van der Waals surface area contributed by atoms with Crippen molar-refractivity contribution in [3.8, 4) is 11.5 Å². The normalized spacial score (nSPS) is 10.8. The lowest BCUT2D eigenvalue weighted by Crippen LogP contribution is -2.25. The van der Waals surface area contributed by atoms with Crippen LogP contribution >= 0.6 is 11.8 Å². The van der Waals surface area contributed by atoms with Crippen LogP contribution in [0.1, 0.15) is 11.1 Å². The van der Waals surface area contributed by atoms with Gasteiger partial charge in [0, 0.05) is 23.9 Å². The largest absolute Gasteiger partial charge is 0.497 e. The summed E-state index contributed by atoms with van der Waals surface area (Å²) in [6.07, 6.45) is 0. The third-order valence-corrected chi connectivity index (χ3v) is 6.23. The molecular formula is C26H25N3O4S. The third-order valence-electron chi connectivity index (χ3n) is 5.26. The highest BCUT2D eigenvalue weighted by molar-refractivity contribution is 7.99. The summed E-state index contributed by atoms with van der Waals surface area (Å²) in [5.41, 5.74) is 3.16. The number of methoxy groups -OCH3 is 2. The van der Waals surface area contributed by atoms with Gasteiger partial charge in [0.1, 0.15) is 11.5 Å². The van der Waals surface area contributed by atoms with Crippen LogP contribution in [-0.2, 0) is 11.3 Å². The highest BCUT2D eigenvalue weighted by Gasteiger charge is 2.14. The van der Waals surface area contributed by atoms with Gasteiger partial charge >= 0.3 is 0 Å². The van der Waals surface area contributed by atoms with E-state index in [-0.39, 0.29) is 17.2 Å². The van der Waals surface area contributed by atoms with E-state index in [9.17, 15) is 9.59 Å². The van der Waals surface area contributed by atoms with Crippen LogP contribution in [0.25, 0.3) is 10.9 Å². The van der Waals surface area contributed by atoms with Crippen molar-refractivity contribution in [2.45, 2.75) is 18.6 Å². The van der Waals surface area contributed by atoms with Crippen LogP contribution in [0.4, 0.5) is 5.69 Å². The summed E-state index contributed by atoms with van der Waals surface area (Å²) in [6, 6.07) is 20.4. The average Bonchev–Trinajstić information content (AvgIpc) is 2.85. The van der Waals surface area contributed by atoms with Gasteiger partial charge in [0.05, 0.1) is 37.4 Å². The van der Waals surface area contributed by atoms with Gasteiger partial charge in [0.2, 0.25) is 5.91 Å². The number of nitrogens with one attached hydrogen (secondary N) is 1. The van der Waals surface area contributed by atoms with E-state index >= 15 is 0 Å². The number of thioether (sulfide) groups is 1. The van der Waals surface area contributed by atoms with Crippen LogP contribution in [0.2, 0.25) is 0 Å². The maximum Gasteiger partial charge on any atom is 0.262 e. The summed E-state index contributed by atoms with van der Waals surface area (Å²) in [5.74, 6) is 0.999. The number of carbonyl (C=O) groups is 1. The minimum atomic E-state index is -0.232. The second-order valence-corrected chi connectivity index (χ2v) is 8.67. The van der Waals surface area contributed by atoms with Gasteiger partial charge in [-0.2, -0.15) is 0 Å². The molecule has 7 nitrogen and oxygen atoms in total. The minimum absolute atomic E-state index is 0.0816. The number of aromatic nitrogens is 2. The predicted octanol–water partition coefficient (Wildman–Crippen LogP) is 4.50. The molecule has 0 aliphatic carbocycles.